The molecule has 0 aromatic carbocycles. The summed E-state index contributed by atoms with van der Waals surface area (Å²) in [4.78, 5) is 29.7. The van der Waals surface area contributed by atoms with Gasteiger partial charge in [0.2, 0.25) is 5.91 Å². The van der Waals surface area contributed by atoms with E-state index in [1.165, 1.54) is 0 Å². The molecule has 0 saturated carbocycles. The third-order valence-corrected chi connectivity index (χ3v) is 3.48. The van der Waals surface area contributed by atoms with E-state index in [0.29, 0.717) is 25.5 Å². The Morgan fingerprint density at radius 3 is 3.05 bits per heavy atom. The molecule has 1 N–H and O–H groups in total. The maximum absolute atomic E-state index is 12.3. The summed E-state index contributed by atoms with van der Waals surface area (Å²) in [5.74, 6) is 0.237. The van der Waals surface area contributed by atoms with Crippen LogP contribution in [0.5, 0.6) is 0 Å². The molecule has 1 aromatic rings. The van der Waals surface area contributed by atoms with Crippen molar-refractivity contribution in [3.8, 4) is 0 Å². The Labute approximate surface area is 124 Å². The minimum atomic E-state index is -0.344. The number of aryl methyl sites for hydroxylation is 1. The third-order valence-electron chi connectivity index (χ3n) is 3.48. The number of nitrogens with zero attached hydrogens (tertiary/aromatic N) is 2. The van der Waals surface area contributed by atoms with Crippen molar-refractivity contribution in [2.24, 2.45) is 5.92 Å². The van der Waals surface area contributed by atoms with E-state index in [9.17, 15) is 9.59 Å². The van der Waals surface area contributed by atoms with E-state index < -0.39 is 0 Å². The van der Waals surface area contributed by atoms with Crippen LogP contribution in [0.3, 0.4) is 0 Å². The summed E-state index contributed by atoms with van der Waals surface area (Å²) in [5, 5.41) is 2.82. The predicted molar refractivity (Wildman–Crippen MR) is 78.9 cm³/mol. The highest BCUT2D eigenvalue weighted by molar-refractivity contribution is 5.92. The molecule has 0 bridgehead atoms. The van der Waals surface area contributed by atoms with Crippen molar-refractivity contribution in [1.29, 1.82) is 0 Å². The van der Waals surface area contributed by atoms with Gasteiger partial charge in [0.05, 0.1) is 12.5 Å². The summed E-state index contributed by atoms with van der Waals surface area (Å²) < 4.78 is 4.99. The summed E-state index contributed by atoms with van der Waals surface area (Å²) in [5.41, 5.74) is 1.04. The van der Waals surface area contributed by atoms with E-state index in [1.54, 1.807) is 18.0 Å². The standard InChI is InChI=1S/C15H21N3O3/c1-3-21-15(20)18-8-4-5-12(10-18)14(19)17-13-9-11(2)6-7-16-13/h6-7,9,12H,3-5,8,10H2,1-2H3,(H,16,17,19)/t12-/m0/s1. The summed E-state index contributed by atoms with van der Waals surface area (Å²) in [7, 11) is 0. The summed E-state index contributed by atoms with van der Waals surface area (Å²) in [6.07, 6.45) is 2.89. The Balaban J connectivity index is 1.94. The zero-order chi connectivity index (χ0) is 15.2. The fraction of sp³-hybridized carbons (Fsp3) is 0.533. The van der Waals surface area contributed by atoms with Gasteiger partial charge in [0.15, 0.2) is 0 Å². The number of piperidine rings is 1. The van der Waals surface area contributed by atoms with Crippen molar-refractivity contribution in [2.75, 3.05) is 25.0 Å². The van der Waals surface area contributed by atoms with Crippen LogP contribution in [-0.2, 0) is 9.53 Å². The lowest BCUT2D eigenvalue weighted by Crippen LogP contribution is -2.44. The van der Waals surface area contributed by atoms with Crippen LogP contribution in [0.1, 0.15) is 25.3 Å². The quantitative estimate of drug-likeness (QED) is 0.926. The smallest absolute Gasteiger partial charge is 0.409 e. The summed E-state index contributed by atoms with van der Waals surface area (Å²) in [6.45, 7) is 5.11. The van der Waals surface area contributed by atoms with Gasteiger partial charge in [-0.2, -0.15) is 0 Å². The van der Waals surface area contributed by atoms with E-state index in [0.717, 1.165) is 18.4 Å². The van der Waals surface area contributed by atoms with Crippen molar-refractivity contribution in [2.45, 2.75) is 26.7 Å². The number of ether oxygens (including phenoxy) is 1. The van der Waals surface area contributed by atoms with E-state index >= 15 is 0 Å². The van der Waals surface area contributed by atoms with Gasteiger partial charge in [0.25, 0.3) is 0 Å². The molecule has 114 valence electrons. The molecule has 6 heteroatoms. The summed E-state index contributed by atoms with van der Waals surface area (Å²) in [6, 6.07) is 3.70. The highest BCUT2D eigenvalue weighted by Gasteiger charge is 2.29. The average Bonchev–Trinajstić information content (AvgIpc) is 2.47. The van der Waals surface area contributed by atoms with E-state index in [4.69, 9.17) is 4.74 Å². The molecule has 1 fully saturated rings. The van der Waals surface area contributed by atoms with Crippen molar-refractivity contribution in [3.05, 3.63) is 23.9 Å². The number of hydrogen-bond donors (Lipinski definition) is 1. The lowest BCUT2D eigenvalue weighted by molar-refractivity contribution is -0.121. The molecule has 1 aliphatic heterocycles. The van der Waals surface area contributed by atoms with E-state index in [1.807, 2.05) is 19.1 Å². The number of carbonyl (C=O) groups is 2. The third kappa shape index (κ3) is 4.18. The number of aromatic nitrogens is 1. The molecule has 2 heterocycles. The number of amides is 2. The highest BCUT2D eigenvalue weighted by Crippen LogP contribution is 2.19. The van der Waals surface area contributed by atoms with Crippen LogP contribution in [0.15, 0.2) is 18.3 Å². The van der Waals surface area contributed by atoms with Crippen LogP contribution in [0.2, 0.25) is 0 Å². The molecule has 0 radical (unpaired) electrons. The number of carbonyl (C=O) groups excluding carboxylic acids is 2. The Hall–Kier alpha value is -2.11. The Bertz CT molecular complexity index is 519. The number of hydrogen-bond acceptors (Lipinski definition) is 4. The number of likely N-dealkylation sites (tertiary alicyclic amines) is 1. The number of pyridine rings is 1. The van der Waals surface area contributed by atoms with Crippen molar-refractivity contribution in [3.63, 3.8) is 0 Å². The van der Waals surface area contributed by atoms with Crippen LogP contribution >= 0.6 is 0 Å². The first kappa shape index (κ1) is 15.3. The number of nitrogens with one attached hydrogen (secondary N) is 1. The second kappa shape index (κ2) is 7.06. The zero-order valence-electron chi connectivity index (χ0n) is 12.5. The van der Waals surface area contributed by atoms with Crippen LogP contribution < -0.4 is 5.32 Å². The van der Waals surface area contributed by atoms with Gasteiger partial charge < -0.3 is 15.0 Å². The first-order chi connectivity index (χ1) is 10.1. The minimum Gasteiger partial charge on any atom is -0.450 e. The second-order valence-corrected chi connectivity index (χ2v) is 5.19. The molecule has 0 aliphatic carbocycles. The van der Waals surface area contributed by atoms with Gasteiger partial charge in [-0.05, 0) is 44.4 Å². The van der Waals surface area contributed by atoms with Gasteiger partial charge in [-0.3, -0.25) is 4.79 Å². The largest absolute Gasteiger partial charge is 0.450 e. The molecular formula is C15H21N3O3. The zero-order valence-corrected chi connectivity index (χ0v) is 12.5. The molecule has 1 atom stereocenters. The number of rotatable bonds is 3. The first-order valence-electron chi connectivity index (χ1n) is 7.25. The van der Waals surface area contributed by atoms with Gasteiger partial charge in [-0.25, -0.2) is 9.78 Å². The average molecular weight is 291 g/mol. The van der Waals surface area contributed by atoms with Crippen molar-refractivity contribution in [1.82, 2.24) is 9.88 Å². The van der Waals surface area contributed by atoms with Crippen molar-refractivity contribution < 1.29 is 14.3 Å². The van der Waals surface area contributed by atoms with Crippen LogP contribution in [0.4, 0.5) is 10.6 Å². The minimum absolute atomic E-state index is 0.0953. The first-order valence-corrected chi connectivity index (χ1v) is 7.25. The monoisotopic (exact) mass is 291 g/mol. The topological polar surface area (TPSA) is 71.5 Å². The lowest BCUT2D eigenvalue weighted by atomic mass is 9.97. The molecule has 1 saturated heterocycles. The summed E-state index contributed by atoms with van der Waals surface area (Å²) >= 11 is 0. The Morgan fingerprint density at radius 1 is 1.52 bits per heavy atom. The highest BCUT2D eigenvalue weighted by atomic mass is 16.6. The fourth-order valence-corrected chi connectivity index (χ4v) is 2.40. The fourth-order valence-electron chi connectivity index (χ4n) is 2.40. The maximum Gasteiger partial charge on any atom is 0.409 e. The lowest BCUT2D eigenvalue weighted by Gasteiger charge is -2.31. The molecule has 21 heavy (non-hydrogen) atoms. The molecule has 6 nitrogen and oxygen atoms in total. The molecule has 0 spiro atoms. The van der Waals surface area contributed by atoms with E-state index in [2.05, 4.69) is 10.3 Å². The van der Waals surface area contributed by atoms with E-state index in [-0.39, 0.29) is 17.9 Å². The van der Waals surface area contributed by atoms with Crippen LogP contribution in [0.25, 0.3) is 0 Å². The predicted octanol–water partition coefficient (Wildman–Crippen LogP) is 2.20. The normalized spacial score (nSPS) is 18.2. The van der Waals surface area contributed by atoms with Gasteiger partial charge >= 0.3 is 6.09 Å². The Morgan fingerprint density at radius 2 is 2.33 bits per heavy atom. The molecule has 2 rings (SSSR count). The van der Waals surface area contributed by atoms with Gasteiger partial charge in [0, 0.05) is 19.3 Å². The molecule has 2 amide bonds. The SMILES string of the molecule is CCOC(=O)N1CCC[C@H](C(=O)Nc2cc(C)ccn2)C1. The van der Waals surface area contributed by atoms with Crippen molar-refractivity contribution >= 4 is 17.8 Å². The second-order valence-electron chi connectivity index (χ2n) is 5.19. The Kier molecular flexibility index (Phi) is 5.14. The molecule has 1 aliphatic rings. The van der Waals surface area contributed by atoms with Crippen LogP contribution in [-0.4, -0.2) is 41.6 Å². The molecular weight excluding hydrogens is 270 g/mol. The van der Waals surface area contributed by atoms with Gasteiger partial charge in [-0.1, -0.05) is 0 Å². The maximum atomic E-state index is 12.3. The van der Waals surface area contributed by atoms with Gasteiger partial charge in [-0.15, -0.1) is 0 Å². The number of anilines is 1. The molecule has 0 unspecified atom stereocenters. The molecule has 1 aromatic heterocycles. The van der Waals surface area contributed by atoms with Gasteiger partial charge in [0.1, 0.15) is 5.82 Å². The van der Waals surface area contributed by atoms with Crippen LogP contribution in [0, 0.1) is 12.8 Å².